The summed E-state index contributed by atoms with van der Waals surface area (Å²) in [6.07, 6.45) is 0. The summed E-state index contributed by atoms with van der Waals surface area (Å²) in [5.41, 5.74) is 0.632. The molecule has 3 nitrogen and oxygen atoms in total. The van der Waals surface area contributed by atoms with Crippen LogP contribution in [0.25, 0.3) is 0 Å². The summed E-state index contributed by atoms with van der Waals surface area (Å²) in [6.45, 7) is 3.60. The van der Waals surface area contributed by atoms with E-state index in [4.69, 9.17) is 10.2 Å². The summed E-state index contributed by atoms with van der Waals surface area (Å²) >= 11 is 0. The van der Waals surface area contributed by atoms with Gasteiger partial charge in [0.05, 0.1) is 13.2 Å². The average molecular weight is 227 g/mol. The van der Waals surface area contributed by atoms with E-state index < -0.39 is 5.41 Å². The molecule has 0 spiro atoms. The van der Waals surface area contributed by atoms with E-state index in [1.165, 1.54) is 6.07 Å². The van der Waals surface area contributed by atoms with E-state index in [-0.39, 0.29) is 19.0 Å². The van der Waals surface area contributed by atoms with E-state index in [2.05, 4.69) is 5.32 Å². The monoisotopic (exact) mass is 227 g/mol. The zero-order valence-corrected chi connectivity index (χ0v) is 9.63. The fraction of sp³-hybridized carbons (Fsp3) is 0.500. The Morgan fingerprint density at radius 1 is 1.31 bits per heavy atom. The summed E-state index contributed by atoms with van der Waals surface area (Å²) in [6, 6.07) is 4.80. The van der Waals surface area contributed by atoms with Gasteiger partial charge in [0.25, 0.3) is 0 Å². The lowest BCUT2D eigenvalue weighted by Gasteiger charge is -2.25. The van der Waals surface area contributed by atoms with Gasteiger partial charge in [0.15, 0.2) is 0 Å². The molecule has 0 atom stereocenters. The van der Waals surface area contributed by atoms with Gasteiger partial charge >= 0.3 is 0 Å². The van der Waals surface area contributed by atoms with Gasteiger partial charge in [-0.1, -0.05) is 13.0 Å². The van der Waals surface area contributed by atoms with E-state index in [9.17, 15) is 4.39 Å². The molecule has 0 saturated heterocycles. The summed E-state index contributed by atoms with van der Waals surface area (Å²) in [5, 5.41) is 21.3. The van der Waals surface area contributed by atoms with E-state index >= 15 is 0 Å². The zero-order chi connectivity index (χ0) is 12.2. The first-order valence-electron chi connectivity index (χ1n) is 5.23. The van der Waals surface area contributed by atoms with Crippen molar-refractivity contribution in [2.75, 3.05) is 25.1 Å². The van der Waals surface area contributed by atoms with Crippen LogP contribution in [0.1, 0.15) is 12.5 Å². The summed E-state index contributed by atoms with van der Waals surface area (Å²) in [5.74, 6) is -0.264. The number of benzene rings is 1. The molecule has 0 fully saturated rings. The van der Waals surface area contributed by atoms with Gasteiger partial charge in [-0.15, -0.1) is 0 Å². The Bertz CT molecular complexity index is 351. The van der Waals surface area contributed by atoms with Gasteiger partial charge in [0.2, 0.25) is 0 Å². The molecule has 0 saturated carbocycles. The Kier molecular flexibility index (Phi) is 4.26. The van der Waals surface area contributed by atoms with Crippen LogP contribution < -0.4 is 5.32 Å². The third-order valence-electron chi connectivity index (χ3n) is 2.74. The molecule has 1 rings (SSSR count). The normalized spacial score (nSPS) is 11.6. The van der Waals surface area contributed by atoms with Crippen LogP contribution >= 0.6 is 0 Å². The highest BCUT2D eigenvalue weighted by molar-refractivity contribution is 5.51. The molecular weight excluding hydrogens is 209 g/mol. The van der Waals surface area contributed by atoms with Crippen molar-refractivity contribution in [2.24, 2.45) is 5.41 Å². The second-order valence-electron chi connectivity index (χ2n) is 4.39. The van der Waals surface area contributed by atoms with Gasteiger partial charge in [-0.2, -0.15) is 0 Å². The van der Waals surface area contributed by atoms with Crippen molar-refractivity contribution < 1.29 is 14.6 Å². The van der Waals surface area contributed by atoms with Gasteiger partial charge in [0, 0.05) is 23.2 Å². The van der Waals surface area contributed by atoms with Crippen LogP contribution in [0.2, 0.25) is 0 Å². The highest BCUT2D eigenvalue weighted by Gasteiger charge is 2.22. The Labute approximate surface area is 94.9 Å². The molecule has 0 heterocycles. The number of hydrogen-bond acceptors (Lipinski definition) is 3. The SMILES string of the molecule is Cc1c(F)cccc1NCC(C)(CO)CO. The highest BCUT2D eigenvalue weighted by Crippen LogP contribution is 2.20. The smallest absolute Gasteiger partial charge is 0.128 e. The Hall–Kier alpha value is -1.13. The lowest BCUT2D eigenvalue weighted by molar-refractivity contribution is 0.0806. The quantitative estimate of drug-likeness (QED) is 0.715. The predicted molar refractivity (Wildman–Crippen MR) is 61.9 cm³/mol. The maximum atomic E-state index is 13.2. The highest BCUT2D eigenvalue weighted by atomic mass is 19.1. The zero-order valence-electron chi connectivity index (χ0n) is 9.63. The third-order valence-corrected chi connectivity index (χ3v) is 2.74. The van der Waals surface area contributed by atoms with Gasteiger partial charge in [-0.05, 0) is 19.1 Å². The van der Waals surface area contributed by atoms with E-state index in [0.29, 0.717) is 17.8 Å². The van der Waals surface area contributed by atoms with Gasteiger partial charge in [-0.25, -0.2) is 4.39 Å². The third kappa shape index (κ3) is 2.93. The topological polar surface area (TPSA) is 52.5 Å². The molecule has 0 aliphatic carbocycles. The van der Waals surface area contributed by atoms with E-state index in [1.807, 2.05) is 0 Å². The van der Waals surface area contributed by atoms with Crippen molar-refractivity contribution in [1.82, 2.24) is 0 Å². The molecule has 1 aromatic rings. The van der Waals surface area contributed by atoms with E-state index in [1.54, 1.807) is 26.0 Å². The van der Waals surface area contributed by atoms with Crippen LogP contribution in [0.5, 0.6) is 0 Å². The maximum absolute atomic E-state index is 13.2. The first kappa shape index (κ1) is 12.9. The largest absolute Gasteiger partial charge is 0.396 e. The molecule has 16 heavy (non-hydrogen) atoms. The molecule has 0 aliphatic rings. The van der Waals surface area contributed by atoms with E-state index in [0.717, 1.165) is 0 Å². The molecule has 90 valence electrons. The van der Waals surface area contributed by atoms with Crippen LogP contribution in [0.15, 0.2) is 18.2 Å². The van der Waals surface area contributed by atoms with Crippen molar-refractivity contribution in [3.63, 3.8) is 0 Å². The number of hydrogen-bond donors (Lipinski definition) is 3. The van der Waals surface area contributed by atoms with Crippen LogP contribution in [-0.2, 0) is 0 Å². The minimum absolute atomic E-state index is 0.120. The van der Waals surface area contributed by atoms with Gasteiger partial charge in [0.1, 0.15) is 5.82 Å². The Balaban J connectivity index is 2.71. The van der Waals surface area contributed by atoms with Gasteiger partial charge in [-0.3, -0.25) is 0 Å². The molecule has 0 aliphatic heterocycles. The second-order valence-corrected chi connectivity index (χ2v) is 4.39. The number of anilines is 1. The molecule has 0 radical (unpaired) electrons. The fourth-order valence-corrected chi connectivity index (χ4v) is 1.27. The van der Waals surface area contributed by atoms with Crippen molar-refractivity contribution in [1.29, 1.82) is 0 Å². The fourth-order valence-electron chi connectivity index (χ4n) is 1.27. The van der Waals surface area contributed by atoms with Crippen LogP contribution in [-0.4, -0.2) is 30.0 Å². The molecule has 1 aromatic carbocycles. The molecule has 4 heteroatoms. The number of rotatable bonds is 5. The minimum Gasteiger partial charge on any atom is -0.396 e. The predicted octanol–water partition coefficient (Wildman–Crippen LogP) is 1.54. The Morgan fingerprint density at radius 2 is 1.94 bits per heavy atom. The van der Waals surface area contributed by atoms with Gasteiger partial charge < -0.3 is 15.5 Å². The van der Waals surface area contributed by atoms with Crippen molar-refractivity contribution in [3.05, 3.63) is 29.6 Å². The second kappa shape index (κ2) is 5.27. The van der Waals surface area contributed by atoms with Crippen LogP contribution in [0.4, 0.5) is 10.1 Å². The van der Waals surface area contributed by atoms with Crippen LogP contribution in [0.3, 0.4) is 0 Å². The first-order valence-corrected chi connectivity index (χ1v) is 5.23. The summed E-state index contributed by atoms with van der Waals surface area (Å²) in [7, 11) is 0. The lowest BCUT2D eigenvalue weighted by Crippen LogP contribution is -2.34. The summed E-state index contributed by atoms with van der Waals surface area (Å²) < 4.78 is 13.2. The first-order chi connectivity index (χ1) is 7.52. The lowest BCUT2D eigenvalue weighted by atomic mass is 9.93. The summed E-state index contributed by atoms with van der Waals surface area (Å²) in [4.78, 5) is 0. The van der Waals surface area contributed by atoms with Crippen molar-refractivity contribution in [2.45, 2.75) is 13.8 Å². The molecular formula is C12H18FNO2. The number of halogens is 1. The Morgan fingerprint density at radius 3 is 2.50 bits per heavy atom. The van der Waals surface area contributed by atoms with Crippen molar-refractivity contribution in [3.8, 4) is 0 Å². The molecule has 3 N–H and O–H groups in total. The minimum atomic E-state index is -0.598. The number of aliphatic hydroxyl groups is 2. The molecule has 0 aromatic heterocycles. The van der Waals surface area contributed by atoms with Crippen molar-refractivity contribution >= 4 is 5.69 Å². The molecule has 0 bridgehead atoms. The molecule has 0 unspecified atom stereocenters. The number of nitrogens with one attached hydrogen (secondary N) is 1. The average Bonchev–Trinajstić information content (AvgIpc) is 2.31. The maximum Gasteiger partial charge on any atom is 0.128 e. The standard InChI is InChI=1S/C12H18FNO2/c1-9-10(13)4-3-5-11(9)14-6-12(2,7-15)8-16/h3-5,14-16H,6-8H2,1-2H3. The number of aliphatic hydroxyl groups excluding tert-OH is 2. The van der Waals surface area contributed by atoms with Crippen LogP contribution in [0, 0.1) is 18.2 Å². The molecule has 0 amide bonds.